The molecule has 1 aliphatic rings. The van der Waals surface area contributed by atoms with Crippen molar-refractivity contribution in [3.63, 3.8) is 0 Å². The van der Waals surface area contributed by atoms with Crippen LogP contribution in [0, 0.1) is 11.3 Å². The number of amides is 2. The number of aliphatic hydroxyl groups excluding tert-OH is 1. The molecule has 2 aromatic rings. The predicted octanol–water partition coefficient (Wildman–Crippen LogP) is 0.947. The van der Waals surface area contributed by atoms with Crippen LogP contribution in [0.1, 0.15) is 56.3 Å². The SMILES string of the molecule is CCCC(CO)NC(=O)C(C#N)=c1sc(=CNc2cccc(C(=O)NCCCN3CCCC3)c2)c(=O)n1CC. The van der Waals surface area contributed by atoms with E-state index in [1.54, 1.807) is 31.2 Å². The Balaban J connectivity index is 1.75. The Kier molecular flexibility index (Phi) is 11.7. The minimum Gasteiger partial charge on any atom is -0.394 e. The number of likely N-dealkylation sites (tertiary alicyclic amines) is 1. The summed E-state index contributed by atoms with van der Waals surface area (Å²) in [5.74, 6) is -0.776. The van der Waals surface area contributed by atoms with Crippen LogP contribution in [-0.4, -0.2) is 65.2 Å². The third-order valence-corrected chi connectivity index (χ3v) is 7.73. The van der Waals surface area contributed by atoms with Crippen molar-refractivity contribution in [2.45, 2.75) is 58.5 Å². The predicted molar refractivity (Wildman–Crippen MR) is 154 cm³/mol. The number of aromatic nitrogens is 1. The van der Waals surface area contributed by atoms with Crippen LogP contribution in [-0.2, 0) is 11.3 Å². The van der Waals surface area contributed by atoms with Crippen LogP contribution in [0.3, 0.4) is 0 Å². The van der Waals surface area contributed by atoms with Gasteiger partial charge in [0.1, 0.15) is 15.3 Å². The fraction of sp³-hybridized carbons (Fsp3) is 0.500. The van der Waals surface area contributed by atoms with Gasteiger partial charge in [0, 0.05) is 30.5 Å². The maximum absolute atomic E-state index is 13.0. The monoisotopic (exact) mass is 554 g/mol. The van der Waals surface area contributed by atoms with Crippen LogP contribution >= 0.6 is 11.3 Å². The number of hydrogen-bond donors (Lipinski definition) is 4. The highest BCUT2D eigenvalue weighted by Crippen LogP contribution is 2.11. The van der Waals surface area contributed by atoms with Crippen molar-refractivity contribution in [1.82, 2.24) is 20.1 Å². The summed E-state index contributed by atoms with van der Waals surface area (Å²) in [6.45, 7) is 7.62. The molecule has 11 heteroatoms. The zero-order valence-electron chi connectivity index (χ0n) is 22.7. The Morgan fingerprint density at radius 1 is 1.26 bits per heavy atom. The molecule has 0 radical (unpaired) electrons. The Labute approximate surface area is 232 Å². The first-order chi connectivity index (χ1) is 18.9. The van der Waals surface area contributed by atoms with Crippen LogP contribution in [0.4, 0.5) is 5.69 Å². The van der Waals surface area contributed by atoms with Gasteiger partial charge in [0.2, 0.25) is 0 Å². The first-order valence-corrected chi connectivity index (χ1v) is 14.4. The van der Waals surface area contributed by atoms with Gasteiger partial charge < -0.3 is 26.0 Å². The van der Waals surface area contributed by atoms with E-state index in [0.29, 0.717) is 28.7 Å². The molecule has 1 fully saturated rings. The molecule has 1 unspecified atom stereocenters. The van der Waals surface area contributed by atoms with E-state index in [4.69, 9.17) is 0 Å². The molecule has 3 rings (SSSR count). The van der Waals surface area contributed by atoms with E-state index in [1.165, 1.54) is 23.6 Å². The summed E-state index contributed by atoms with van der Waals surface area (Å²) >= 11 is 1.04. The Bertz CT molecular complexity index is 1350. The zero-order valence-corrected chi connectivity index (χ0v) is 23.5. The van der Waals surface area contributed by atoms with Crippen molar-refractivity contribution in [3.05, 3.63) is 49.4 Å². The van der Waals surface area contributed by atoms with Crippen LogP contribution in [0.25, 0.3) is 11.8 Å². The topological polar surface area (TPSA) is 139 Å². The summed E-state index contributed by atoms with van der Waals surface area (Å²) in [4.78, 5) is 40.8. The molecule has 0 spiro atoms. The third kappa shape index (κ3) is 8.26. The highest BCUT2D eigenvalue weighted by molar-refractivity contribution is 7.07. The van der Waals surface area contributed by atoms with E-state index in [9.17, 15) is 24.8 Å². The van der Waals surface area contributed by atoms with Gasteiger partial charge in [-0.05, 0) is 70.4 Å². The molecule has 2 amide bonds. The van der Waals surface area contributed by atoms with Gasteiger partial charge in [0.25, 0.3) is 17.4 Å². The summed E-state index contributed by atoms with van der Waals surface area (Å²) < 4.78 is 1.96. The number of nitrogens with one attached hydrogen (secondary N) is 3. The molecule has 0 bridgehead atoms. The molecule has 39 heavy (non-hydrogen) atoms. The van der Waals surface area contributed by atoms with Crippen LogP contribution < -0.4 is 30.7 Å². The van der Waals surface area contributed by atoms with E-state index < -0.39 is 11.9 Å². The molecular formula is C28H38N6O4S. The summed E-state index contributed by atoms with van der Waals surface area (Å²) in [5.41, 5.74) is 0.640. The number of anilines is 1. The van der Waals surface area contributed by atoms with Gasteiger partial charge in [-0.2, -0.15) is 5.26 Å². The molecule has 1 saturated heterocycles. The highest BCUT2D eigenvalue weighted by Gasteiger charge is 2.18. The van der Waals surface area contributed by atoms with Crippen LogP contribution in [0.15, 0.2) is 29.1 Å². The number of thiazole rings is 1. The number of nitriles is 1. The normalized spacial score (nSPS) is 15.5. The van der Waals surface area contributed by atoms with Crippen molar-refractivity contribution in [2.75, 3.05) is 38.1 Å². The molecule has 10 nitrogen and oxygen atoms in total. The van der Waals surface area contributed by atoms with Gasteiger partial charge in [0.15, 0.2) is 5.57 Å². The fourth-order valence-electron chi connectivity index (χ4n) is 4.52. The van der Waals surface area contributed by atoms with Gasteiger partial charge in [-0.3, -0.25) is 19.0 Å². The molecule has 0 aliphatic carbocycles. The van der Waals surface area contributed by atoms with Gasteiger partial charge in [0.05, 0.1) is 12.6 Å². The van der Waals surface area contributed by atoms with Gasteiger partial charge in [-0.15, -0.1) is 11.3 Å². The number of hydrogen-bond acceptors (Lipinski definition) is 8. The number of nitrogens with zero attached hydrogens (tertiary/aromatic N) is 3. The number of benzene rings is 1. The number of carbonyl (C=O) groups is 2. The van der Waals surface area contributed by atoms with Crippen molar-refractivity contribution >= 4 is 40.6 Å². The van der Waals surface area contributed by atoms with Crippen molar-refractivity contribution in [2.24, 2.45) is 0 Å². The lowest BCUT2D eigenvalue weighted by atomic mass is 10.1. The van der Waals surface area contributed by atoms with E-state index in [2.05, 4.69) is 20.9 Å². The summed E-state index contributed by atoms with van der Waals surface area (Å²) in [6.07, 6.45) is 6.26. The fourth-order valence-corrected chi connectivity index (χ4v) is 5.60. The number of aliphatic hydroxyl groups is 1. The van der Waals surface area contributed by atoms with Crippen molar-refractivity contribution in [3.8, 4) is 6.07 Å². The second-order valence-corrected chi connectivity index (χ2v) is 10.5. The lowest BCUT2D eigenvalue weighted by Crippen LogP contribution is -2.40. The lowest BCUT2D eigenvalue weighted by molar-refractivity contribution is -0.116. The minimum atomic E-state index is -0.618. The first kappa shape index (κ1) is 30.1. The average Bonchev–Trinajstić information content (AvgIpc) is 3.57. The molecule has 1 aromatic carbocycles. The highest BCUT2D eigenvalue weighted by atomic mass is 32.1. The molecule has 1 aromatic heterocycles. The van der Waals surface area contributed by atoms with E-state index in [0.717, 1.165) is 43.8 Å². The molecule has 2 heterocycles. The minimum absolute atomic E-state index is 0.157. The summed E-state index contributed by atoms with van der Waals surface area (Å²) in [5, 5.41) is 27.9. The van der Waals surface area contributed by atoms with E-state index >= 15 is 0 Å². The maximum atomic E-state index is 13.0. The average molecular weight is 555 g/mol. The Morgan fingerprint density at radius 2 is 2.03 bits per heavy atom. The number of rotatable bonds is 13. The number of carbonyl (C=O) groups excluding carboxylic acids is 2. The summed E-state index contributed by atoms with van der Waals surface area (Å²) in [7, 11) is 0. The largest absolute Gasteiger partial charge is 0.394 e. The molecule has 1 atom stereocenters. The van der Waals surface area contributed by atoms with Crippen LogP contribution in [0.5, 0.6) is 0 Å². The zero-order chi connectivity index (χ0) is 28.2. The van der Waals surface area contributed by atoms with Crippen molar-refractivity contribution < 1.29 is 14.7 Å². The van der Waals surface area contributed by atoms with E-state index in [-0.39, 0.29) is 34.9 Å². The van der Waals surface area contributed by atoms with Gasteiger partial charge in [-0.25, -0.2) is 0 Å². The molecule has 0 saturated carbocycles. The first-order valence-electron chi connectivity index (χ1n) is 13.5. The van der Waals surface area contributed by atoms with Crippen molar-refractivity contribution in [1.29, 1.82) is 5.26 Å². The third-order valence-electron chi connectivity index (χ3n) is 6.60. The van der Waals surface area contributed by atoms with E-state index in [1.807, 2.05) is 13.0 Å². The van der Waals surface area contributed by atoms with Gasteiger partial charge in [-0.1, -0.05) is 19.4 Å². The van der Waals surface area contributed by atoms with Gasteiger partial charge >= 0.3 is 0 Å². The quantitative estimate of drug-likeness (QED) is 0.270. The Hall–Kier alpha value is -3.46. The second kappa shape index (κ2) is 15.2. The Morgan fingerprint density at radius 3 is 2.69 bits per heavy atom. The van der Waals surface area contributed by atoms with Crippen LogP contribution in [0.2, 0.25) is 0 Å². The summed E-state index contributed by atoms with van der Waals surface area (Å²) in [6, 6.07) is 8.46. The maximum Gasteiger partial charge on any atom is 0.270 e. The lowest BCUT2D eigenvalue weighted by Gasteiger charge is -2.14. The standard InChI is InChI=1S/C28H38N6O4S/c1-3-9-22(19-35)32-26(37)23(17-29)28-34(4-2)27(38)24(39-28)18-31-21-11-7-10-20(16-21)25(36)30-12-8-15-33-13-5-6-14-33/h7,10-11,16,18,22,31,35H,3-6,8-9,12-15,19H2,1-2H3,(H,30,36)(H,32,37). The molecule has 1 aliphatic heterocycles. The molecule has 210 valence electrons. The molecule has 4 N–H and O–H groups in total. The molecular weight excluding hydrogens is 516 g/mol. The second-order valence-electron chi connectivity index (χ2n) is 9.48. The smallest absolute Gasteiger partial charge is 0.270 e.